The number of nitrogen functional groups attached to an aromatic ring is 1. The van der Waals surface area contributed by atoms with Gasteiger partial charge in [-0.25, -0.2) is 9.97 Å². The fourth-order valence-electron chi connectivity index (χ4n) is 2.84. The Balaban J connectivity index is 2.35. The molecule has 0 bridgehead atoms. The molecular weight excluding hydrogens is 268 g/mol. The van der Waals surface area contributed by atoms with E-state index in [-0.39, 0.29) is 11.4 Å². The summed E-state index contributed by atoms with van der Waals surface area (Å²) in [5.74, 6) is 0.0630. The van der Waals surface area contributed by atoms with Gasteiger partial charge in [-0.05, 0) is 38.0 Å². The third-order valence-corrected chi connectivity index (χ3v) is 4.32. The summed E-state index contributed by atoms with van der Waals surface area (Å²) in [5, 5.41) is 0. The molecular formula is C15H24N4O2. The first kappa shape index (κ1) is 15.7. The zero-order chi connectivity index (χ0) is 15.7. The first-order valence-corrected chi connectivity index (χ1v) is 7.36. The van der Waals surface area contributed by atoms with E-state index >= 15 is 0 Å². The fourth-order valence-corrected chi connectivity index (χ4v) is 2.84. The summed E-state index contributed by atoms with van der Waals surface area (Å²) >= 11 is 0. The number of carbonyl (C=O) groups excluding carboxylic acids is 1. The third-order valence-electron chi connectivity index (χ3n) is 4.32. The van der Waals surface area contributed by atoms with E-state index in [1.807, 2.05) is 6.92 Å². The van der Waals surface area contributed by atoms with Gasteiger partial charge in [0.25, 0.3) is 5.91 Å². The number of nitrogens with two attached hydrogens (primary N) is 2. The first-order valence-electron chi connectivity index (χ1n) is 7.36. The van der Waals surface area contributed by atoms with Gasteiger partial charge in [-0.15, -0.1) is 0 Å². The van der Waals surface area contributed by atoms with Crippen molar-refractivity contribution in [2.45, 2.75) is 52.1 Å². The number of hydrogen-bond acceptors (Lipinski definition) is 5. The maximum Gasteiger partial charge on any atom is 0.254 e. The van der Waals surface area contributed by atoms with Crippen molar-refractivity contribution in [3.8, 4) is 0 Å². The molecule has 0 spiro atoms. The van der Waals surface area contributed by atoms with Crippen molar-refractivity contribution in [2.75, 3.05) is 12.3 Å². The Morgan fingerprint density at radius 2 is 1.95 bits per heavy atom. The average Bonchev–Trinajstić information content (AvgIpc) is 2.41. The SMILES string of the molecule is CCOC1(c2ncc(C(N)=O)c(N)n2)CCC(C)(C)CC1. The van der Waals surface area contributed by atoms with Crippen molar-refractivity contribution in [3.05, 3.63) is 17.6 Å². The van der Waals surface area contributed by atoms with Gasteiger partial charge in [-0.3, -0.25) is 4.79 Å². The molecule has 1 fully saturated rings. The van der Waals surface area contributed by atoms with Crippen LogP contribution in [0.25, 0.3) is 0 Å². The van der Waals surface area contributed by atoms with E-state index in [1.54, 1.807) is 0 Å². The maximum atomic E-state index is 11.2. The van der Waals surface area contributed by atoms with Gasteiger partial charge in [-0.1, -0.05) is 13.8 Å². The van der Waals surface area contributed by atoms with Crippen LogP contribution in [0, 0.1) is 5.41 Å². The van der Waals surface area contributed by atoms with Crippen LogP contribution in [0.4, 0.5) is 5.82 Å². The Kier molecular flexibility index (Phi) is 4.18. The number of nitrogens with zero attached hydrogens (tertiary/aromatic N) is 2. The van der Waals surface area contributed by atoms with E-state index in [4.69, 9.17) is 16.2 Å². The van der Waals surface area contributed by atoms with Crippen molar-refractivity contribution in [1.82, 2.24) is 9.97 Å². The van der Waals surface area contributed by atoms with Crippen molar-refractivity contribution >= 4 is 11.7 Å². The highest BCUT2D eigenvalue weighted by Gasteiger charge is 2.42. The summed E-state index contributed by atoms with van der Waals surface area (Å²) in [6.07, 6.45) is 5.18. The molecule has 1 saturated carbocycles. The molecule has 0 aromatic carbocycles. The number of ether oxygens (including phenoxy) is 1. The number of rotatable bonds is 4. The van der Waals surface area contributed by atoms with Crippen molar-refractivity contribution < 1.29 is 9.53 Å². The summed E-state index contributed by atoms with van der Waals surface area (Å²) in [4.78, 5) is 19.8. The molecule has 116 valence electrons. The second kappa shape index (κ2) is 5.60. The number of carbonyl (C=O) groups is 1. The summed E-state index contributed by atoms with van der Waals surface area (Å²) in [7, 11) is 0. The molecule has 1 heterocycles. The van der Waals surface area contributed by atoms with Crippen molar-refractivity contribution in [2.24, 2.45) is 11.1 Å². The van der Waals surface area contributed by atoms with Crippen molar-refractivity contribution in [3.63, 3.8) is 0 Å². The minimum Gasteiger partial charge on any atom is -0.383 e. The molecule has 1 aromatic rings. The standard InChI is InChI=1S/C15H24N4O2/c1-4-21-15(7-5-14(2,3)6-8-15)13-18-9-10(12(17)20)11(16)19-13/h9H,4-8H2,1-3H3,(H2,17,20)(H2,16,18,19). The van der Waals surface area contributed by atoms with Gasteiger partial charge < -0.3 is 16.2 Å². The molecule has 1 aromatic heterocycles. The summed E-state index contributed by atoms with van der Waals surface area (Å²) in [5.41, 5.74) is 11.0. The van der Waals surface area contributed by atoms with E-state index in [0.29, 0.717) is 17.8 Å². The summed E-state index contributed by atoms with van der Waals surface area (Å²) in [6, 6.07) is 0. The third kappa shape index (κ3) is 3.15. The molecule has 0 aliphatic heterocycles. The number of primary amides is 1. The van der Waals surface area contributed by atoms with Gasteiger partial charge in [-0.2, -0.15) is 0 Å². The van der Waals surface area contributed by atoms with Gasteiger partial charge in [0.15, 0.2) is 5.82 Å². The van der Waals surface area contributed by atoms with E-state index in [9.17, 15) is 4.79 Å². The minimum absolute atomic E-state index is 0.122. The van der Waals surface area contributed by atoms with Crippen molar-refractivity contribution in [1.29, 1.82) is 0 Å². The maximum absolute atomic E-state index is 11.2. The smallest absolute Gasteiger partial charge is 0.254 e. The lowest BCUT2D eigenvalue weighted by Crippen LogP contribution is -2.39. The molecule has 21 heavy (non-hydrogen) atoms. The lowest BCUT2D eigenvalue weighted by atomic mass is 9.70. The lowest BCUT2D eigenvalue weighted by Gasteiger charge is -2.42. The largest absolute Gasteiger partial charge is 0.383 e. The Bertz CT molecular complexity index is 532. The van der Waals surface area contributed by atoms with Crippen LogP contribution in [0.15, 0.2) is 6.20 Å². The van der Waals surface area contributed by atoms with Crippen LogP contribution in [-0.2, 0) is 10.3 Å². The topological polar surface area (TPSA) is 104 Å². The monoisotopic (exact) mass is 292 g/mol. The summed E-state index contributed by atoms with van der Waals surface area (Å²) < 4.78 is 6.01. The Morgan fingerprint density at radius 3 is 2.43 bits per heavy atom. The van der Waals surface area contributed by atoms with E-state index in [0.717, 1.165) is 25.7 Å². The fraction of sp³-hybridized carbons (Fsp3) is 0.667. The van der Waals surface area contributed by atoms with Gasteiger partial charge in [0, 0.05) is 12.8 Å². The van der Waals surface area contributed by atoms with Gasteiger partial charge in [0.2, 0.25) is 0 Å². The number of aromatic nitrogens is 2. The molecule has 6 nitrogen and oxygen atoms in total. The molecule has 2 rings (SSSR count). The predicted octanol–water partition coefficient (Wildman–Crippen LogP) is 1.99. The van der Waals surface area contributed by atoms with Gasteiger partial charge >= 0.3 is 0 Å². The quantitative estimate of drug-likeness (QED) is 0.883. The zero-order valence-electron chi connectivity index (χ0n) is 13.0. The minimum atomic E-state index is -0.616. The molecule has 1 aliphatic rings. The number of amides is 1. The molecule has 0 saturated heterocycles. The molecule has 0 atom stereocenters. The van der Waals surface area contributed by atoms with Crippen LogP contribution in [0.2, 0.25) is 0 Å². The highest BCUT2D eigenvalue weighted by Crippen LogP contribution is 2.46. The first-order chi connectivity index (χ1) is 9.80. The highest BCUT2D eigenvalue weighted by atomic mass is 16.5. The van der Waals surface area contributed by atoms with Crippen LogP contribution < -0.4 is 11.5 Å². The van der Waals surface area contributed by atoms with Crippen LogP contribution in [-0.4, -0.2) is 22.5 Å². The van der Waals surface area contributed by atoms with Crippen LogP contribution in [0.1, 0.15) is 62.6 Å². The molecule has 1 amide bonds. The molecule has 6 heteroatoms. The normalized spacial score (nSPS) is 20.1. The lowest BCUT2D eigenvalue weighted by molar-refractivity contribution is -0.0947. The number of anilines is 1. The van der Waals surface area contributed by atoms with E-state index in [1.165, 1.54) is 6.20 Å². The van der Waals surface area contributed by atoms with Crippen LogP contribution in [0.5, 0.6) is 0 Å². The Morgan fingerprint density at radius 1 is 1.33 bits per heavy atom. The molecule has 0 radical (unpaired) electrons. The Hall–Kier alpha value is -1.69. The van der Waals surface area contributed by atoms with Crippen LogP contribution >= 0.6 is 0 Å². The Labute approximate surface area is 125 Å². The second-order valence-electron chi connectivity index (χ2n) is 6.45. The average molecular weight is 292 g/mol. The number of hydrogen-bond donors (Lipinski definition) is 2. The molecule has 4 N–H and O–H groups in total. The molecule has 0 unspecified atom stereocenters. The van der Waals surface area contributed by atoms with E-state index in [2.05, 4.69) is 23.8 Å². The van der Waals surface area contributed by atoms with Gasteiger partial charge in [0.05, 0.1) is 5.56 Å². The zero-order valence-corrected chi connectivity index (χ0v) is 13.0. The highest BCUT2D eigenvalue weighted by molar-refractivity contribution is 5.96. The van der Waals surface area contributed by atoms with Crippen LogP contribution in [0.3, 0.4) is 0 Å². The second-order valence-corrected chi connectivity index (χ2v) is 6.45. The molecule has 1 aliphatic carbocycles. The van der Waals surface area contributed by atoms with E-state index < -0.39 is 11.5 Å². The summed E-state index contributed by atoms with van der Waals surface area (Å²) in [6.45, 7) is 7.06. The predicted molar refractivity (Wildman–Crippen MR) is 80.5 cm³/mol. The van der Waals surface area contributed by atoms with Gasteiger partial charge in [0.1, 0.15) is 11.4 Å².